The van der Waals surface area contributed by atoms with Gasteiger partial charge in [0.15, 0.2) is 0 Å². The van der Waals surface area contributed by atoms with Gasteiger partial charge in [-0.05, 0) is 6.04 Å². The fourth-order valence-corrected chi connectivity index (χ4v) is 0.106. The van der Waals surface area contributed by atoms with Crippen LogP contribution >= 0.6 is 0 Å². The zero-order valence-corrected chi connectivity index (χ0v) is 5.77. The molecule has 0 atom stereocenters. The van der Waals surface area contributed by atoms with Gasteiger partial charge in [0.2, 0.25) is 0 Å². The lowest BCUT2D eigenvalue weighted by Gasteiger charge is -1.81. The predicted octanol–water partition coefficient (Wildman–Crippen LogP) is -0.0166. The molecule has 0 aromatic carbocycles. The fraction of sp³-hybridized carbons (Fsp3) is 0.500. The van der Waals surface area contributed by atoms with Crippen molar-refractivity contribution < 1.29 is 4.79 Å². The number of nitrogens with one attached hydrogen (secondary N) is 1. The summed E-state index contributed by atoms with van der Waals surface area (Å²) in [6.45, 7) is 7.18. The minimum atomic E-state index is -0.0231. The zero-order valence-electron chi connectivity index (χ0n) is 5.77. The molecule has 1 aliphatic rings. The monoisotopic (exact) mass is 128 g/mol. The van der Waals surface area contributed by atoms with E-state index in [9.17, 15) is 4.79 Å². The van der Waals surface area contributed by atoms with Crippen molar-refractivity contribution in [2.75, 3.05) is 0 Å². The molecule has 1 rings (SSSR count). The van der Waals surface area contributed by atoms with E-state index in [4.69, 9.17) is 5.73 Å². The van der Waals surface area contributed by atoms with E-state index in [1.54, 1.807) is 0 Å². The van der Waals surface area contributed by atoms with Gasteiger partial charge in [0.25, 0.3) is 5.91 Å². The van der Waals surface area contributed by atoms with Crippen LogP contribution in [0.3, 0.4) is 0 Å². The molecule has 0 spiro atoms. The van der Waals surface area contributed by atoms with Gasteiger partial charge >= 0.3 is 0 Å². The third-order valence-electron chi connectivity index (χ3n) is 0.476. The molecule has 0 aromatic heterocycles. The van der Waals surface area contributed by atoms with Gasteiger partial charge in [0.05, 0.1) is 5.70 Å². The number of hydrogen-bond donors (Lipinski definition) is 2. The van der Waals surface area contributed by atoms with Crippen molar-refractivity contribution >= 4 is 5.91 Å². The zero-order chi connectivity index (χ0) is 7.44. The summed E-state index contributed by atoms with van der Waals surface area (Å²) in [6, 6.07) is 0.333. The number of amides is 1. The molecule has 1 aliphatic heterocycles. The van der Waals surface area contributed by atoms with E-state index in [0.29, 0.717) is 11.7 Å². The number of hydrogen-bond acceptors (Lipinski definition) is 2. The maximum Gasteiger partial charge on any atom is 0.271 e. The highest BCUT2D eigenvalue weighted by atomic mass is 16.2. The molecule has 3 N–H and O–H groups in total. The van der Waals surface area contributed by atoms with Crippen LogP contribution in [0.15, 0.2) is 12.3 Å². The molecular weight excluding hydrogens is 116 g/mol. The molecule has 0 aromatic rings. The minimum absolute atomic E-state index is 0.0231. The van der Waals surface area contributed by atoms with E-state index >= 15 is 0 Å². The van der Waals surface area contributed by atoms with Crippen molar-refractivity contribution in [3.8, 4) is 0 Å². The highest BCUT2D eigenvalue weighted by molar-refractivity contribution is 6.09. The second kappa shape index (κ2) is 3.25. The molecule has 3 nitrogen and oxygen atoms in total. The van der Waals surface area contributed by atoms with Crippen LogP contribution in [0.5, 0.6) is 0 Å². The third-order valence-corrected chi connectivity index (χ3v) is 0.476. The Morgan fingerprint density at radius 3 is 1.78 bits per heavy atom. The SMILES string of the molecule is C=C1NC1=O.CC(C)N. The normalized spacial score (nSPS) is 14.2. The fourth-order valence-electron chi connectivity index (χ4n) is 0.106. The van der Waals surface area contributed by atoms with Crippen LogP contribution in [0.2, 0.25) is 0 Å². The lowest BCUT2D eigenvalue weighted by atomic mass is 10.5. The molecule has 52 valence electrons. The van der Waals surface area contributed by atoms with Gasteiger partial charge in [0.1, 0.15) is 0 Å². The molecule has 1 saturated heterocycles. The van der Waals surface area contributed by atoms with Crippen LogP contribution in [0.4, 0.5) is 0 Å². The second-order valence-electron chi connectivity index (χ2n) is 2.18. The number of carbonyl (C=O) groups is 1. The summed E-state index contributed by atoms with van der Waals surface area (Å²) >= 11 is 0. The van der Waals surface area contributed by atoms with Crippen molar-refractivity contribution in [1.29, 1.82) is 0 Å². The Labute approximate surface area is 54.9 Å². The lowest BCUT2D eigenvalue weighted by molar-refractivity contribution is -0.109. The standard InChI is InChI=1S/C3H3NO.C3H9N/c1-2-3(5)4-2;1-3(2)4/h1H2,(H,4,5);3H,4H2,1-2H3. The van der Waals surface area contributed by atoms with Crippen LogP contribution in [-0.4, -0.2) is 11.9 Å². The summed E-state index contributed by atoms with van der Waals surface area (Å²) in [7, 11) is 0. The maximum absolute atomic E-state index is 9.68. The smallest absolute Gasteiger partial charge is 0.271 e. The van der Waals surface area contributed by atoms with Gasteiger partial charge < -0.3 is 11.1 Å². The third kappa shape index (κ3) is 7.17. The second-order valence-corrected chi connectivity index (χ2v) is 2.18. The Bertz CT molecular complexity index is 114. The predicted molar refractivity (Wildman–Crippen MR) is 36.6 cm³/mol. The molecule has 0 unspecified atom stereocenters. The number of rotatable bonds is 0. The number of carbonyl (C=O) groups excluding carboxylic acids is 1. The van der Waals surface area contributed by atoms with E-state index in [0.717, 1.165) is 0 Å². The van der Waals surface area contributed by atoms with Gasteiger partial charge in [0, 0.05) is 0 Å². The largest absolute Gasteiger partial charge is 0.328 e. The molecule has 0 bridgehead atoms. The summed E-state index contributed by atoms with van der Waals surface area (Å²) in [5.74, 6) is -0.0231. The van der Waals surface area contributed by atoms with E-state index in [2.05, 4.69) is 11.9 Å². The van der Waals surface area contributed by atoms with Gasteiger partial charge in [-0.2, -0.15) is 0 Å². The molecule has 1 amide bonds. The highest BCUT2D eigenvalue weighted by Crippen LogP contribution is 1.96. The van der Waals surface area contributed by atoms with Crippen LogP contribution < -0.4 is 11.1 Å². The Hall–Kier alpha value is -0.830. The first-order valence-corrected chi connectivity index (χ1v) is 2.80. The van der Waals surface area contributed by atoms with Crippen LogP contribution in [-0.2, 0) is 4.79 Å². The van der Waals surface area contributed by atoms with E-state index in [1.807, 2.05) is 13.8 Å². The van der Waals surface area contributed by atoms with Gasteiger partial charge in [-0.15, -0.1) is 0 Å². The Kier molecular flexibility index (Phi) is 2.95. The van der Waals surface area contributed by atoms with E-state index in [-0.39, 0.29) is 5.91 Å². The Balaban J connectivity index is 0.000000148. The average molecular weight is 128 g/mol. The van der Waals surface area contributed by atoms with E-state index in [1.165, 1.54) is 0 Å². The maximum atomic E-state index is 9.68. The lowest BCUT2D eigenvalue weighted by Crippen LogP contribution is -2.06. The van der Waals surface area contributed by atoms with Crippen molar-refractivity contribution in [3.05, 3.63) is 12.3 Å². The van der Waals surface area contributed by atoms with Gasteiger partial charge in [-0.25, -0.2) is 0 Å². The molecule has 0 saturated carbocycles. The first kappa shape index (κ1) is 8.17. The van der Waals surface area contributed by atoms with Crippen molar-refractivity contribution in [1.82, 2.24) is 5.32 Å². The Morgan fingerprint density at radius 1 is 1.67 bits per heavy atom. The van der Waals surface area contributed by atoms with Gasteiger partial charge in [-0.3, -0.25) is 4.79 Å². The summed E-state index contributed by atoms with van der Waals surface area (Å²) < 4.78 is 0. The first-order chi connectivity index (χ1) is 4.04. The van der Waals surface area contributed by atoms with Gasteiger partial charge in [-0.1, -0.05) is 20.4 Å². The van der Waals surface area contributed by atoms with Crippen molar-refractivity contribution in [2.45, 2.75) is 19.9 Å². The van der Waals surface area contributed by atoms with E-state index < -0.39 is 0 Å². The topological polar surface area (TPSA) is 65.0 Å². The quantitative estimate of drug-likeness (QED) is 0.356. The summed E-state index contributed by atoms with van der Waals surface area (Å²) in [5, 5.41) is 2.36. The summed E-state index contributed by atoms with van der Waals surface area (Å²) in [6.07, 6.45) is 0. The molecule has 0 aliphatic carbocycles. The Morgan fingerprint density at radius 2 is 1.78 bits per heavy atom. The van der Waals surface area contributed by atoms with Crippen molar-refractivity contribution in [3.63, 3.8) is 0 Å². The summed E-state index contributed by atoms with van der Waals surface area (Å²) in [5.41, 5.74) is 5.64. The number of nitrogens with two attached hydrogens (primary N) is 1. The van der Waals surface area contributed by atoms with Crippen LogP contribution in [0, 0.1) is 0 Å². The summed E-state index contributed by atoms with van der Waals surface area (Å²) in [4.78, 5) is 9.68. The van der Waals surface area contributed by atoms with Crippen LogP contribution in [0.25, 0.3) is 0 Å². The molecule has 9 heavy (non-hydrogen) atoms. The minimum Gasteiger partial charge on any atom is -0.328 e. The average Bonchev–Trinajstić information content (AvgIpc) is 2.16. The van der Waals surface area contributed by atoms with Crippen LogP contribution in [0.1, 0.15) is 13.8 Å². The molecule has 1 heterocycles. The molecular formula is C6H12N2O. The first-order valence-electron chi connectivity index (χ1n) is 2.80. The molecule has 1 fully saturated rings. The highest BCUT2D eigenvalue weighted by Gasteiger charge is 2.20. The molecule has 0 radical (unpaired) electrons. The molecule has 3 heteroatoms. The van der Waals surface area contributed by atoms with Crippen molar-refractivity contribution in [2.24, 2.45) is 5.73 Å².